The number of ether oxygens (including phenoxy) is 1. The Bertz CT molecular complexity index is 281. The van der Waals surface area contributed by atoms with Gasteiger partial charge in [0.05, 0.1) is 17.0 Å². The fourth-order valence-corrected chi connectivity index (χ4v) is 2.66. The van der Waals surface area contributed by atoms with Crippen molar-refractivity contribution in [2.45, 2.75) is 12.5 Å². The van der Waals surface area contributed by atoms with Crippen LogP contribution in [0, 0.1) is 5.92 Å². The highest BCUT2D eigenvalue weighted by Gasteiger charge is 2.26. The summed E-state index contributed by atoms with van der Waals surface area (Å²) in [7, 11) is 0. The van der Waals surface area contributed by atoms with Crippen LogP contribution in [0.3, 0.4) is 0 Å². The van der Waals surface area contributed by atoms with Gasteiger partial charge in [0.1, 0.15) is 0 Å². The molecule has 2 atom stereocenters. The SMILES string of the molecule is OC(c1ccc(Cl)s1)C1CCOC1. The van der Waals surface area contributed by atoms with Crippen molar-refractivity contribution in [3.63, 3.8) is 0 Å². The minimum atomic E-state index is -0.403. The minimum Gasteiger partial charge on any atom is -0.387 e. The molecule has 2 heterocycles. The molecule has 1 aliphatic heterocycles. The van der Waals surface area contributed by atoms with E-state index < -0.39 is 6.10 Å². The van der Waals surface area contributed by atoms with Crippen LogP contribution in [0.15, 0.2) is 12.1 Å². The third-order valence-electron chi connectivity index (χ3n) is 2.30. The average Bonchev–Trinajstić information content (AvgIpc) is 2.72. The van der Waals surface area contributed by atoms with Gasteiger partial charge in [-0.05, 0) is 18.6 Å². The van der Waals surface area contributed by atoms with Gasteiger partial charge in [-0.15, -0.1) is 11.3 Å². The van der Waals surface area contributed by atoms with Crippen LogP contribution >= 0.6 is 22.9 Å². The Kier molecular flexibility index (Phi) is 2.89. The molecule has 0 aromatic carbocycles. The van der Waals surface area contributed by atoms with Gasteiger partial charge >= 0.3 is 0 Å². The number of thiophene rings is 1. The van der Waals surface area contributed by atoms with Gasteiger partial charge in [0.25, 0.3) is 0 Å². The zero-order chi connectivity index (χ0) is 9.26. The molecule has 2 unspecified atom stereocenters. The first-order valence-corrected chi connectivity index (χ1v) is 5.48. The maximum absolute atomic E-state index is 9.91. The molecule has 2 rings (SSSR count). The molecule has 0 bridgehead atoms. The van der Waals surface area contributed by atoms with Crippen LogP contribution in [-0.4, -0.2) is 18.3 Å². The fourth-order valence-electron chi connectivity index (χ4n) is 1.52. The molecule has 0 aliphatic carbocycles. The van der Waals surface area contributed by atoms with Gasteiger partial charge in [0, 0.05) is 17.4 Å². The third-order valence-corrected chi connectivity index (χ3v) is 3.60. The molecule has 1 aromatic heterocycles. The summed E-state index contributed by atoms with van der Waals surface area (Å²) in [5, 5.41) is 9.91. The van der Waals surface area contributed by atoms with Gasteiger partial charge in [0.15, 0.2) is 0 Å². The molecule has 0 saturated carbocycles. The van der Waals surface area contributed by atoms with Crippen molar-refractivity contribution in [3.05, 3.63) is 21.3 Å². The monoisotopic (exact) mass is 218 g/mol. The van der Waals surface area contributed by atoms with Crippen LogP contribution in [0.4, 0.5) is 0 Å². The van der Waals surface area contributed by atoms with E-state index in [0.717, 1.165) is 22.2 Å². The largest absolute Gasteiger partial charge is 0.387 e. The quantitative estimate of drug-likeness (QED) is 0.827. The number of hydrogen-bond acceptors (Lipinski definition) is 3. The van der Waals surface area contributed by atoms with E-state index in [1.807, 2.05) is 12.1 Å². The topological polar surface area (TPSA) is 29.5 Å². The first kappa shape index (κ1) is 9.46. The van der Waals surface area contributed by atoms with Gasteiger partial charge < -0.3 is 9.84 Å². The predicted octanol–water partition coefficient (Wildman–Crippen LogP) is 2.47. The van der Waals surface area contributed by atoms with E-state index in [2.05, 4.69) is 0 Å². The molecule has 0 spiro atoms. The second kappa shape index (κ2) is 3.96. The maximum atomic E-state index is 9.91. The second-order valence-corrected chi connectivity index (χ2v) is 4.96. The highest BCUT2D eigenvalue weighted by atomic mass is 35.5. The fraction of sp³-hybridized carbons (Fsp3) is 0.556. The molecule has 4 heteroatoms. The van der Waals surface area contributed by atoms with Crippen molar-refractivity contribution < 1.29 is 9.84 Å². The molecule has 1 aromatic rings. The van der Waals surface area contributed by atoms with Crippen LogP contribution in [0.25, 0.3) is 0 Å². The van der Waals surface area contributed by atoms with Crippen LogP contribution in [0.5, 0.6) is 0 Å². The standard InChI is InChI=1S/C9H11ClO2S/c10-8-2-1-7(13-8)9(11)6-3-4-12-5-6/h1-2,6,9,11H,3-5H2. The van der Waals surface area contributed by atoms with Gasteiger partial charge in [-0.3, -0.25) is 0 Å². The zero-order valence-corrected chi connectivity index (χ0v) is 8.64. The zero-order valence-electron chi connectivity index (χ0n) is 7.07. The summed E-state index contributed by atoms with van der Waals surface area (Å²) in [5.41, 5.74) is 0. The normalized spacial score (nSPS) is 24.9. The Morgan fingerprint density at radius 3 is 3.00 bits per heavy atom. The molecule has 0 radical (unpaired) electrons. The van der Waals surface area contributed by atoms with Crippen molar-refractivity contribution in [1.82, 2.24) is 0 Å². The van der Waals surface area contributed by atoms with Crippen LogP contribution in [0.1, 0.15) is 17.4 Å². The molecule has 72 valence electrons. The number of hydrogen-bond donors (Lipinski definition) is 1. The molecule has 0 amide bonds. The van der Waals surface area contributed by atoms with Crippen molar-refractivity contribution in [1.29, 1.82) is 0 Å². The molecule has 1 N–H and O–H groups in total. The summed E-state index contributed by atoms with van der Waals surface area (Å²) in [4.78, 5) is 0.945. The van der Waals surface area contributed by atoms with E-state index in [-0.39, 0.29) is 5.92 Å². The van der Waals surface area contributed by atoms with Gasteiger partial charge in [-0.25, -0.2) is 0 Å². The minimum absolute atomic E-state index is 0.245. The van der Waals surface area contributed by atoms with E-state index >= 15 is 0 Å². The summed E-state index contributed by atoms with van der Waals surface area (Å²) in [6.45, 7) is 1.43. The second-order valence-electron chi connectivity index (χ2n) is 3.21. The van der Waals surface area contributed by atoms with Crippen molar-refractivity contribution in [2.75, 3.05) is 13.2 Å². The van der Waals surface area contributed by atoms with E-state index in [0.29, 0.717) is 6.61 Å². The molecule has 2 nitrogen and oxygen atoms in total. The summed E-state index contributed by atoms with van der Waals surface area (Å²) < 4.78 is 5.95. The molecule has 13 heavy (non-hydrogen) atoms. The first-order valence-electron chi connectivity index (χ1n) is 4.28. The van der Waals surface area contributed by atoms with Crippen LogP contribution < -0.4 is 0 Å². The van der Waals surface area contributed by atoms with Gasteiger partial charge in [-0.2, -0.15) is 0 Å². The summed E-state index contributed by atoms with van der Waals surface area (Å²) in [6, 6.07) is 3.70. The highest BCUT2D eigenvalue weighted by Crippen LogP contribution is 2.34. The Hall–Kier alpha value is -0.0900. The lowest BCUT2D eigenvalue weighted by molar-refractivity contribution is 0.0945. The average molecular weight is 219 g/mol. The molecule has 1 aliphatic rings. The lowest BCUT2D eigenvalue weighted by Crippen LogP contribution is -2.10. The van der Waals surface area contributed by atoms with E-state index in [4.69, 9.17) is 16.3 Å². The summed E-state index contributed by atoms with van der Waals surface area (Å²) in [6.07, 6.45) is 0.538. The Morgan fingerprint density at radius 2 is 2.46 bits per heavy atom. The van der Waals surface area contributed by atoms with E-state index in [1.54, 1.807) is 0 Å². The number of halogens is 1. The molecular formula is C9H11ClO2S. The lowest BCUT2D eigenvalue weighted by Gasteiger charge is -2.13. The lowest BCUT2D eigenvalue weighted by atomic mass is 10.0. The number of aliphatic hydroxyl groups excluding tert-OH is 1. The van der Waals surface area contributed by atoms with Crippen molar-refractivity contribution in [3.8, 4) is 0 Å². The number of aliphatic hydroxyl groups is 1. The Balaban J connectivity index is 2.07. The van der Waals surface area contributed by atoms with Gasteiger partial charge in [0.2, 0.25) is 0 Å². The number of rotatable bonds is 2. The summed E-state index contributed by atoms with van der Waals surface area (Å²) >= 11 is 7.23. The van der Waals surface area contributed by atoms with Crippen molar-refractivity contribution >= 4 is 22.9 Å². The van der Waals surface area contributed by atoms with Crippen LogP contribution in [0.2, 0.25) is 4.34 Å². The smallest absolute Gasteiger partial charge is 0.0933 e. The Labute approximate surface area is 86.1 Å². The molecule has 1 fully saturated rings. The van der Waals surface area contributed by atoms with Crippen LogP contribution in [-0.2, 0) is 4.74 Å². The Morgan fingerprint density at radius 1 is 1.62 bits per heavy atom. The first-order chi connectivity index (χ1) is 6.27. The maximum Gasteiger partial charge on any atom is 0.0933 e. The van der Waals surface area contributed by atoms with Gasteiger partial charge in [-0.1, -0.05) is 11.6 Å². The third kappa shape index (κ3) is 2.05. The van der Waals surface area contributed by atoms with Crippen molar-refractivity contribution in [2.24, 2.45) is 5.92 Å². The van der Waals surface area contributed by atoms with E-state index in [9.17, 15) is 5.11 Å². The molecular weight excluding hydrogens is 208 g/mol. The predicted molar refractivity (Wildman–Crippen MR) is 53.2 cm³/mol. The molecule has 1 saturated heterocycles. The highest BCUT2D eigenvalue weighted by molar-refractivity contribution is 7.16. The van der Waals surface area contributed by atoms with E-state index in [1.165, 1.54) is 11.3 Å². The summed E-state index contributed by atoms with van der Waals surface area (Å²) in [5.74, 6) is 0.245.